The molecular formula is C23H26N2O4S. The number of likely N-dealkylation sites (tertiary alicyclic amines) is 1. The van der Waals surface area contributed by atoms with Crippen LogP contribution in [0.1, 0.15) is 48.5 Å². The lowest BCUT2D eigenvalue weighted by Crippen LogP contribution is -2.57. The number of nitrogens with zero attached hydrogens (tertiary/aromatic N) is 2. The molecule has 158 valence electrons. The number of carbonyl (C=O) groups excluding carboxylic acids is 2. The van der Waals surface area contributed by atoms with Crippen LogP contribution in [0.25, 0.3) is 0 Å². The van der Waals surface area contributed by atoms with Gasteiger partial charge in [0.2, 0.25) is 5.91 Å². The highest BCUT2D eigenvalue weighted by molar-refractivity contribution is 7.94. The van der Waals surface area contributed by atoms with E-state index in [1.807, 2.05) is 30.3 Å². The topological polar surface area (TPSA) is 74.8 Å². The van der Waals surface area contributed by atoms with Gasteiger partial charge in [0.05, 0.1) is 0 Å². The van der Waals surface area contributed by atoms with E-state index in [1.165, 1.54) is 10.5 Å². The standard InChI is InChI=1S/C23H26N2O4S/c1-17(2)18-8-10-19(11-9-18)22(27)24-14-12-23(13-15-24)25(20-6-4-3-5-7-20)21(26)16-30(23,28)29/h3-11,17H,12-16H2,1-2H3. The maximum Gasteiger partial charge on any atom is 0.253 e. The van der Waals surface area contributed by atoms with Crippen LogP contribution < -0.4 is 4.90 Å². The Labute approximate surface area is 177 Å². The Hall–Kier alpha value is -2.67. The number of carbonyl (C=O) groups is 2. The Morgan fingerprint density at radius 1 is 0.967 bits per heavy atom. The van der Waals surface area contributed by atoms with Gasteiger partial charge in [0, 0.05) is 37.2 Å². The number of piperidine rings is 1. The zero-order valence-corrected chi connectivity index (χ0v) is 18.1. The number of rotatable bonds is 3. The summed E-state index contributed by atoms with van der Waals surface area (Å²) in [5, 5.41) is 0. The summed E-state index contributed by atoms with van der Waals surface area (Å²) in [5.74, 6) is -0.594. The summed E-state index contributed by atoms with van der Waals surface area (Å²) in [6, 6.07) is 16.5. The van der Waals surface area contributed by atoms with Gasteiger partial charge in [0.1, 0.15) is 5.75 Å². The summed E-state index contributed by atoms with van der Waals surface area (Å²) < 4.78 is 26.0. The third-order valence-corrected chi connectivity index (χ3v) is 8.60. The van der Waals surface area contributed by atoms with Gasteiger partial charge in [-0.3, -0.25) is 14.5 Å². The zero-order chi connectivity index (χ0) is 21.5. The molecule has 2 amide bonds. The lowest BCUT2D eigenvalue weighted by atomic mass is 9.99. The Balaban J connectivity index is 1.57. The number of hydrogen-bond donors (Lipinski definition) is 0. The van der Waals surface area contributed by atoms with Gasteiger partial charge in [-0.2, -0.15) is 0 Å². The number of hydrogen-bond acceptors (Lipinski definition) is 4. The van der Waals surface area contributed by atoms with Crippen LogP contribution >= 0.6 is 0 Å². The van der Waals surface area contributed by atoms with Crippen LogP contribution in [0.15, 0.2) is 54.6 Å². The second kappa shape index (κ2) is 7.54. The van der Waals surface area contributed by atoms with Crippen molar-refractivity contribution in [2.24, 2.45) is 0 Å². The highest BCUT2D eigenvalue weighted by Gasteiger charge is 2.59. The third kappa shape index (κ3) is 3.31. The van der Waals surface area contributed by atoms with Gasteiger partial charge in [0.15, 0.2) is 14.7 Å². The summed E-state index contributed by atoms with van der Waals surface area (Å²) in [7, 11) is -3.65. The molecule has 0 unspecified atom stereocenters. The van der Waals surface area contributed by atoms with E-state index in [4.69, 9.17) is 0 Å². The first-order valence-electron chi connectivity index (χ1n) is 10.2. The Kier molecular flexibility index (Phi) is 5.18. The van der Waals surface area contributed by atoms with Gasteiger partial charge < -0.3 is 4.90 Å². The van der Waals surface area contributed by atoms with Crippen molar-refractivity contribution in [3.05, 3.63) is 65.7 Å². The van der Waals surface area contributed by atoms with E-state index in [0.717, 1.165) is 0 Å². The van der Waals surface area contributed by atoms with Crippen LogP contribution in [0.3, 0.4) is 0 Å². The Bertz CT molecular complexity index is 1050. The van der Waals surface area contributed by atoms with Gasteiger partial charge in [-0.05, 0) is 35.7 Å². The summed E-state index contributed by atoms with van der Waals surface area (Å²) in [6.07, 6.45) is 0.428. The first kappa shape index (κ1) is 20.6. The zero-order valence-electron chi connectivity index (χ0n) is 17.2. The molecule has 7 heteroatoms. The van der Waals surface area contributed by atoms with Crippen molar-refractivity contribution in [3.8, 4) is 0 Å². The van der Waals surface area contributed by atoms with Crippen LogP contribution in [-0.4, -0.2) is 48.8 Å². The molecule has 2 aliphatic rings. The fraction of sp³-hybridized carbons (Fsp3) is 0.391. The van der Waals surface area contributed by atoms with E-state index in [1.54, 1.807) is 29.2 Å². The molecule has 0 aliphatic carbocycles. The predicted octanol–water partition coefficient (Wildman–Crippen LogP) is 3.20. The molecule has 0 atom stereocenters. The van der Waals surface area contributed by atoms with Crippen molar-refractivity contribution in [1.82, 2.24) is 4.90 Å². The summed E-state index contributed by atoms with van der Waals surface area (Å²) >= 11 is 0. The van der Waals surface area contributed by atoms with Crippen LogP contribution in [0, 0.1) is 0 Å². The molecule has 6 nitrogen and oxygen atoms in total. The first-order chi connectivity index (χ1) is 14.2. The maximum atomic E-state index is 13.0. The SMILES string of the molecule is CC(C)c1ccc(C(=O)N2CCC3(CC2)N(c2ccccc2)C(=O)CS3(=O)=O)cc1. The molecular weight excluding hydrogens is 400 g/mol. The lowest BCUT2D eigenvalue weighted by molar-refractivity contribution is -0.116. The van der Waals surface area contributed by atoms with Crippen LogP contribution in [0.5, 0.6) is 0 Å². The van der Waals surface area contributed by atoms with Gasteiger partial charge in [-0.1, -0.05) is 44.2 Å². The Morgan fingerprint density at radius 3 is 2.13 bits per heavy atom. The number of sulfone groups is 1. The molecule has 0 saturated carbocycles. The smallest absolute Gasteiger partial charge is 0.253 e. The average Bonchev–Trinajstić information content (AvgIpc) is 2.93. The summed E-state index contributed by atoms with van der Waals surface area (Å²) in [5.41, 5.74) is 2.35. The monoisotopic (exact) mass is 426 g/mol. The third-order valence-electron chi connectivity index (χ3n) is 6.22. The minimum atomic E-state index is -3.65. The van der Waals surface area contributed by atoms with Crippen molar-refractivity contribution >= 4 is 27.3 Å². The lowest BCUT2D eigenvalue weighted by Gasteiger charge is -2.43. The van der Waals surface area contributed by atoms with Crippen molar-refractivity contribution in [1.29, 1.82) is 0 Å². The van der Waals surface area contributed by atoms with Gasteiger partial charge >= 0.3 is 0 Å². The quantitative estimate of drug-likeness (QED) is 0.755. The first-order valence-corrected chi connectivity index (χ1v) is 11.9. The molecule has 2 heterocycles. The molecule has 2 aromatic rings. The minimum Gasteiger partial charge on any atom is -0.338 e. The van der Waals surface area contributed by atoms with Crippen molar-refractivity contribution < 1.29 is 18.0 Å². The maximum absolute atomic E-state index is 13.0. The fourth-order valence-corrected chi connectivity index (χ4v) is 6.48. The Morgan fingerprint density at radius 2 is 1.57 bits per heavy atom. The molecule has 2 fully saturated rings. The molecule has 0 radical (unpaired) electrons. The van der Waals surface area contributed by atoms with Crippen molar-refractivity contribution in [2.45, 2.75) is 37.5 Å². The van der Waals surface area contributed by atoms with E-state index >= 15 is 0 Å². The van der Waals surface area contributed by atoms with Crippen LogP contribution in [-0.2, 0) is 14.6 Å². The average molecular weight is 427 g/mol. The highest BCUT2D eigenvalue weighted by atomic mass is 32.2. The summed E-state index contributed by atoms with van der Waals surface area (Å²) in [4.78, 5) is 27.5. The van der Waals surface area contributed by atoms with Gasteiger partial charge in [0.25, 0.3) is 5.91 Å². The van der Waals surface area contributed by atoms with E-state index in [2.05, 4.69) is 13.8 Å². The van der Waals surface area contributed by atoms with E-state index in [9.17, 15) is 18.0 Å². The van der Waals surface area contributed by atoms with Crippen LogP contribution in [0.2, 0.25) is 0 Å². The summed E-state index contributed by atoms with van der Waals surface area (Å²) in [6.45, 7) is 4.78. The van der Waals surface area contributed by atoms with Crippen molar-refractivity contribution in [2.75, 3.05) is 23.7 Å². The second-order valence-electron chi connectivity index (χ2n) is 8.34. The number of benzene rings is 2. The fourth-order valence-electron chi connectivity index (χ4n) is 4.47. The van der Waals surface area contributed by atoms with Crippen molar-refractivity contribution in [3.63, 3.8) is 0 Å². The predicted molar refractivity (Wildman–Crippen MR) is 116 cm³/mol. The van der Waals surface area contributed by atoms with Gasteiger partial charge in [-0.25, -0.2) is 8.42 Å². The normalized spacial score (nSPS) is 20.2. The second-order valence-corrected chi connectivity index (χ2v) is 10.6. The molecule has 0 N–H and O–H groups in total. The number of para-hydroxylation sites is 1. The van der Waals surface area contributed by atoms with Gasteiger partial charge in [-0.15, -0.1) is 0 Å². The minimum absolute atomic E-state index is 0.104. The molecule has 0 bridgehead atoms. The molecule has 4 rings (SSSR count). The highest BCUT2D eigenvalue weighted by Crippen LogP contribution is 2.42. The number of anilines is 1. The molecule has 2 aliphatic heterocycles. The molecule has 0 aromatic heterocycles. The van der Waals surface area contributed by atoms with E-state index in [0.29, 0.717) is 30.3 Å². The molecule has 2 aromatic carbocycles. The molecule has 1 spiro atoms. The molecule has 30 heavy (non-hydrogen) atoms. The van der Waals surface area contributed by atoms with E-state index in [-0.39, 0.29) is 18.7 Å². The van der Waals surface area contributed by atoms with Crippen LogP contribution in [0.4, 0.5) is 5.69 Å². The largest absolute Gasteiger partial charge is 0.338 e. The number of amides is 2. The van der Waals surface area contributed by atoms with E-state index < -0.39 is 26.4 Å². The molecule has 2 saturated heterocycles.